The maximum atomic E-state index is 13.4. The van der Waals surface area contributed by atoms with Gasteiger partial charge in [0.1, 0.15) is 23.5 Å². The molecule has 0 aliphatic carbocycles. The molecule has 0 amide bonds. The topological polar surface area (TPSA) is 56.3 Å². The standard InChI is InChI=1S/C23H23BrF3N3O2/c1-12-16(5-4-6-18(12)23(25,26)27)13(2)28-22-17-9-21(32-15-7-8-31-11-15)19(24)10-20(17)29-14(3)30-22/h4-6,9-10,13,15H,7-8,11H2,1-3H3,(H,28,29,30)/t13?,15-/m0/s1. The number of fused-ring (bicyclic) bond motifs is 1. The Morgan fingerprint density at radius 3 is 2.69 bits per heavy atom. The van der Waals surface area contributed by atoms with Gasteiger partial charge in [0.25, 0.3) is 0 Å². The lowest BCUT2D eigenvalue weighted by Gasteiger charge is -2.21. The van der Waals surface area contributed by atoms with Gasteiger partial charge < -0.3 is 14.8 Å². The summed E-state index contributed by atoms with van der Waals surface area (Å²) in [6, 6.07) is 7.53. The number of hydrogen-bond donors (Lipinski definition) is 1. The minimum absolute atomic E-state index is 0.0294. The van der Waals surface area contributed by atoms with Crippen LogP contribution in [0.15, 0.2) is 34.8 Å². The highest BCUT2D eigenvalue weighted by atomic mass is 79.9. The third-order valence-corrected chi connectivity index (χ3v) is 6.16. The number of nitrogens with zero attached hydrogens (tertiary/aromatic N) is 2. The molecule has 1 aliphatic rings. The van der Waals surface area contributed by atoms with Gasteiger partial charge in [0, 0.05) is 11.8 Å². The van der Waals surface area contributed by atoms with Crippen LogP contribution < -0.4 is 10.1 Å². The summed E-state index contributed by atoms with van der Waals surface area (Å²) >= 11 is 3.54. The van der Waals surface area contributed by atoms with Crippen LogP contribution in [-0.4, -0.2) is 29.3 Å². The Labute approximate surface area is 192 Å². The van der Waals surface area contributed by atoms with Crippen LogP contribution in [0.3, 0.4) is 0 Å². The first kappa shape index (κ1) is 22.8. The molecule has 32 heavy (non-hydrogen) atoms. The highest BCUT2D eigenvalue weighted by molar-refractivity contribution is 9.10. The Kier molecular flexibility index (Phi) is 6.31. The van der Waals surface area contributed by atoms with Crippen molar-refractivity contribution in [2.75, 3.05) is 18.5 Å². The summed E-state index contributed by atoms with van der Waals surface area (Å²) in [6.07, 6.45) is -3.62. The molecular weight excluding hydrogens is 487 g/mol. The summed E-state index contributed by atoms with van der Waals surface area (Å²) in [7, 11) is 0. The lowest BCUT2D eigenvalue weighted by Crippen LogP contribution is -2.16. The van der Waals surface area contributed by atoms with E-state index in [2.05, 4.69) is 31.2 Å². The second kappa shape index (κ2) is 8.86. The van der Waals surface area contributed by atoms with Crippen LogP contribution >= 0.6 is 15.9 Å². The Balaban J connectivity index is 1.71. The molecule has 2 aromatic carbocycles. The highest BCUT2D eigenvalue weighted by Crippen LogP contribution is 2.37. The number of benzene rings is 2. The molecule has 1 aromatic heterocycles. The van der Waals surface area contributed by atoms with Gasteiger partial charge in [0.15, 0.2) is 0 Å². The monoisotopic (exact) mass is 509 g/mol. The summed E-state index contributed by atoms with van der Waals surface area (Å²) in [5, 5.41) is 4.01. The molecule has 5 nitrogen and oxygen atoms in total. The summed E-state index contributed by atoms with van der Waals surface area (Å²) in [5.74, 6) is 1.74. The van der Waals surface area contributed by atoms with Gasteiger partial charge in [-0.25, -0.2) is 9.97 Å². The zero-order valence-corrected chi connectivity index (χ0v) is 19.5. The van der Waals surface area contributed by atoms with Gasteiger partial charge in [-0.3, -0.25) is 0 Å². The first-order valence-electron chi connectivity index (χ1n) is 10.3. The van der Waals surface area contributed by atoms with Crippen LogP contribution in [0.2, 0.25) is 0 Å². The van der Waals surface area contributed by atoms with Crippen LogP contribution in [0.4, 0.5) is 19.0 Å². The van der Waals surface area contributed by atoms with E-state index in [4.69, 9.17) is 9.47 Å². The Morgan fingerprint density at radius 2 is 2.00 bits per heavy atom. The van der Waals surface area contributed by atoms with Crippen molar-refractivity contribution in [1.82, 2.24) is 9.97 Å². The predicted molar refractivity (Wildman–Crippen MR) is 120 cm³/mol. The van der Waals surface area contributed by atoms with E-state index < -0.39 is 17.8 Å². The molecule has 1 aliphatic heterocycles. The first-order chi connectivity index (χ1) is 15.1. The lowest BCUT2D eigenvalue weighted by atomic mass is 9.97. The molecule has 1 saturated heterocycles. The number of alkyl halides is 3. The van der Waals surface area contributed by atoms with E-state index >= 15 is 0 Å². The minimum Gasteiger partial charge on any atom is -0.487 e. The van der Waals surface area contributed by atoms with Gasteiger partial charge in [-0.05, 0) is 66.0 Å². The quantitative estimate of drug-likeness (QED) is 0.433. The van der Waals surface area contributed by atoms with Crippen LogP contribution in [-0.2, 0) is 10.9 Å². The highest BCUT2D eigenvalue weighted by Gasteiger charge is 2.33. The fourth-order valence-corrected chi connectivity index (χ4v) is 4.37. The van der Waals surface area contributed by atoms with Gasteiger partial charge in [-0.15, -0.1) is 0 Å². The summed E-state index contributed by atoms with van der Waals surface area (Å²) in [4.78, 5) is 9.03. The average molecular weight is 510 g/mol. The summed E-state index contributed by atoms with van der Waals surface area (Å²) in [5.41, 5.74) is 0.824. The number of ether oxygens (including phenoxy) is 2. The molecule has 3 aromatic rings. The molecule has 1 N–H and O–H groups in total. The largest absolute Gasteiger partial charge is 0.487 e. The molecule has 0 spiro atoms. The van der Waals surface area contributed by atoms with Crippen molar-refractivity contribution in [1.29, 1.82) is 0 Å². The van der Waals surface area contributed by atoms with Crippen molar-refractivity contribution in [2.45, 2.75) is 45.5 Å². The molecule has 0 bridgehead atoms. The van der Waals surface area contributed by atoms with Gasteiger partial charge >= 0.3 is 6.18 Å². The van der Waals surface area contributed by atoms with Crippen LogP contribution in [0.5, 0.6) is 5.75 Å². The van der Waals surface area contributed by atoms with E-state index in [1.807, 2.05) is 19.1 Å². The van der Waals surface area contributed by atoms with Crippen molar-refractivity contribution < 1.29 is 22.6 Å². The van der Waals surface area contributed by atoms with E-state index in [0.717, 1.165) is 22.3 Å². The lowest BCUT2D eigenvalue weighted by molar-refractivity contribution is -0.138. The van der Waals surface area contributed by atoms with Crippen molar-refractivity contribution in [2.24, 2.45) is 0 Å². The molecule has 4 rings (SSSR count). The normalized spacial score (nSPS) is 17.5. The van der Waals surface area contributed by atoms with Gasteiger partial charge in [0.05, 0.1) is 34.8 Å². The Bertz CT molecular complexity index is 1150. The third-order valence-electron chi connectivity index (χ3n) is 5.54. The maximum absolute atomic E-state index is 13.4. The smallest absolute Gasteiger partial charge is 0.416 e. The molecule has 2 atom stereocenters. The molecular formula is C23H23BrF3N3O2. The van der Waals surface area contributed by atoms with Gasteiger partial charge in [0.2, 0.25) is 0 Å². The zero-order chi connectivity index (χ0) is 23.0. The SMILES string of the molecule is Cc1nc(NC(C)c2cccc(C(F)(F)F)c2C)c2cc(O[C@H]3CCOC3)c(Br)cc2n1. The van der Waals surface area contributed by atoms with E-state index in [1.165, 1.54) is 13.0 Å². The number of aryl methyl sites for hydroxylation is 1. The Morgan fingerprint density at radius 1 is 1.22 bits per heavy atom. The van der Waals surface area contributed by atoms with E-state index in [9.17, 15) is 13.2 Å². The fraction of sp³-hybridized carbons (Fsp3) is 0.391. The van der Waals surface area contributed by atoms with Crippen molar-refractivity contribution >= 4 is 32.7 Å². The molecule has 1 unspecified atom stereocenters. The second-order valence-electron chi connectivity index (χ2n) is 7.91. The molecule has 0 radical (unpaired) electrons. The van der Waals surface area contributed by atoms with Crippen molar-refractivity contribution in [3.05, 3.63) is 57.3 Å². The summed E-state index contributed by atoms with van der Waals surface area (Å²) in [6.45, 7) is 6.29. The van der Waals surface area contributed by atoms with E-state index in [0.29, 0.717) is 41.7 Å². The third kappa shape index (κ3) is 4.68. The van der Waals surface area contributed by atoms with Crippen LogP contribution in [0, 0.1) is 13.8 Å². The average Bonchev–Trinajstić information content (AvgIpc) is 3.21. The first-order valence-corrected chi connectivity index (χ1v) is 11.1. The predicted octanol–water partition coefficient (Wildman–Crippen LogP) is 6.37. The minimum atomic E-state index is -4.40. The Hall–Kier alpha value is -2.39. The molecule has 2 heterocycles. The molecule has 170 valence electrons. The maximum Gasteiger partial charge on any atom is 0.416 e. The fourth-order valence-electron chi connectivity index (χ4n) is 3.94. The van der Waals surface area contributed by atoms with Gasteiger partial charge in [-0.1, -0.05) is 12.1 Å². The number of anilines is 1. The molecule has 9 heteroatoms. The number of halogens is 4. The van der Waals surface area contributed by atoms with Crippen LogP contribution in [0.25, 0.3) is 10.9 Å². The number of aromatic nitrogens is 2. The van der Waals surface area contributed by atoms with Crippen LogP contribution in [0.1, 0.15) is 41.9 Å². The molecule has 1 fully saturated rings. The van der Waals surface area contributed by atoms with Crippen molar-refractivity contribution in [3.63, 3.8) is 0 Å². The molecule has 0 saturated carbocycles. The van der Waals surface area contributed by atoms with E-state index in [-0.39, 0.29) is 11.7 Å². The second-order valence-corrected chi connectivity index (χ2v) is 8.76. The van der Waals surface area contributed by atoms with E-state index in [1.54, 1.807) is 13.0 Å². The van der Waals surface area contributed by atoms with Gasteiger partial charge in [-0.2, -0.15) is 13.2 Å². The number of nitrogens with one attached hydrogen (secondary N) is 1. The summed E-state index contributed by atoms with van der Waals surface area (Å²) < 4.78 is 52.3. The zero-order valence-electron chi connectivity index (χ0n) is 17.9. The van der Waals surface area contributed by atoms with Crippen molar-refractivity contribution in [3.8, 4) is 5.75 Å². The number of hydrogen-bond acceptors (Lipinski definition) is 5. The number of rotatable bonds is 5.